The Kier molecular flexibility index (Phi) is 5.94. The summed E-state index contributed by atoms with van der Waals surface area (Å²) in [6.45, 7) is 11.1. The highest BCUT2D eigenvalue weighted by molar-refractivity contribution is 5.45. The number of fused-ring (bicyclic) bond motifs is 1. The summed E-state index contributed by atoms with van der Waals surface area (Å²) in [5, 5.41) is 10.6. The van der Waals surface area contributed by atoms with Gasteiger partial charge in [0.05, 0.1) is 6.10 Å². The summed E-state index contributed by atoms with van der Waals surface area (Å²) >= 11 is 0. The second kappa shape index (κ2) is 7.34. The number of allylic oxidation sites excluding steroid dienone is 3. The van der Waals surface area contributed by atoms with Gasteiger partial charge in [-0.2, -0.15) is 0 Å². The van der Waals surface area contributed by atoms with Crippen LogP contribution in [0.1, 0.15) is 86.0 Å². The maximum Gasteiger partial charge on any atom is 0.0628 e. The minimum Gasteiger partial charge on any atom is -0.392 e. The van der Waals surface area contributed by atoms with Crippen molar-refractivity contribution < 1.29 is 5.11 Å². The van der Waals surface area contributed by atoms with Crippen LogP contribution in [0.2, 0.25) is 0 Å². The summed E-state index contributed by atoms with van der Waals surface area (Å²) < 4.78 is 0. The molecule has 1 nitrogen and oxygen atoms in total. The van der Waals surface area contributed by atoms with Crippen molar-refractivity contribution in [1.82, 2.24) is 0 Å². The van der Waals surface area contributed by atoms with E-state index in [4.69, 9.17) is 0 Å². The predicted molar refractivity (Wildman–Crippen MR) is 95.8 cm³/mol. The highest BCUT2D eigenvalue weighted by Gasteiger charge is 2.34. The van der Waals surface area contributed by atoms with Gasteiger partial charge in [-0.25, -0.2) is 0 Å². The van der Waals surface area contributed by atoms with Crippen molar-refractivity contribution in [2.45, 2.75) is 92.1 Å². The van der Waals surface area contributed by atoms with Gasteiger partial charge in [0.15, 0.2) is 0 Å². The van der Waals surface area contributed by atoms with Gasteiger partial charge in [-0.3, -0.25) is 0 Å². The molecule has 0 amide bonds. The van der Waals surface area contributed by atoms with Crippen molar-refractivity contribution in [2.75, 3.05) is 0 Å². The second-order valence-electron chi connectivity index (χ2n) is 8.54. The minimum atomic E-state index is -0.238. The molecule has 1 saturated carbocycles. The third-order valence-electron chi connectivity index (χ3n) is 5.61. The lowest BCUT2D eigenvalue weighted by Gasteiger charge is -2.30. The molecule has 0 aliphatic heterocycles. The first-order valence-electron chi connectivity index (χ1n) is 9.47. The molecule has 2 atom stereocenters. The Bertz CT molecular complexity index is 439. The molecule has 126 valence electrons. The van der Waals surface area contributed by atoms with Crippen LogP contribution in [0.3, 0.4) is 0 Å². The van der Waals surface area contributed by atoms with E-state index in [2.05, 4.69) is 40.7 Å². The lowest BCUT2D eigenvalue weighted by atomic mass is 9.79. The lowest BCUT2D eigenvalue weighted by Crippen LogP contribution is -2.29. The van der Waals surface area contributed by atoms with Crippen LogP contribution < -0.4 is 0 Å². The quantitative estimate of drug-likeness (QED) is 0.608. The fourth-order valence-electron chi connectivity index (χ4n) is 4.25. The summed E-state index contributed by atoms with van der Waals surface area (Å²) in [4.78, 5) is 0. The van der Waals surface area contributed by atoms with Crippen molar-refractivity contribution >= 4 is 0 Å². The molecule has 0 radical (unpaired) electrons. The van der Waals surface area contributed by atoms with Crippen LogP contribution in [0.25, 0.3) is 0 Å². The molecule has 0 aromatic carbocycles. The number of hydrogen-bond acceptors (Lipinski definition) is 1. The Balaban J connectivity index is 2.20. The van der Waals surface area contributed by atoms with E-state index in [1.54, 1.807) is 16.7 Å². The number of aliphatic hydroxyl groups is 1. The summed E-state index contributed by atoms with van der Waals surface area (Å²) in [6, 6.07) is 0. The summed E-state index contributed by atoms with van der Waals surface area (Å²) in [6.07, 6.45) is 12.3. The SMILES string of the molecule is CCCCC1=C2CCCC2C/C1=C\C(C)(C)C(O)CC(C)C. The molecule has 1 heteroatoms. The second-order valence-corrected chi connectivity index (χ2v) is 8.54. The number of rotatable bonds is 7. The van der Waals surface area contributed by atoms with Gasteiger partial charge in [0, 0.05) is 5.41 Å². The average molecular weight is 305 g/mol. The molecular formula is C21H36O. The first kappa shape index (κ1) is 17.8. The van der Waals surface area contributed by atoms with Crippen LogP contribution in [0, 0.1) is 17.3 Å². The van der Waals surface area contributed by atoms with Crippen molar-refractivity contribution in [1.29, 1.82) is 0 Å². The van der Waals surface area contributed by atoms with Gasteiger partial charge >= 0.3 is 0 Å². The Hall–Kier alpha value is -0.560. The molecule has 0 aromatic heterocycles. The Morgan fingerprint density at radius 3 is 2.68 bits per heavy atom. The van der Waals surface area contributed by atoms with Crippen LogP contribution in [-0.4, -0.2) is 11.2 Å². The zero-order valence-electron chi connectivity index (χ0n) is 15.4. The van der Waals surface area contributed by atoms with Crippen LogP contribution in [-0.2, 0) is 0 Å². The first-order valence-corrected chi connectivity index (χ1v) is 9.47. The molecule has 0 aromatic rings. The topological polar surface area (TPSA) is 20.2 Å². The standard InChI is InChI=1S/C21H36O/c1-6-7-10-19-17(13-16-9-8-11-18(16)19)14-21(4,5)20(22)12-15(2)3/h14-16,20,22H,6-13H2,1-5H3/b17-14+. The molecule has 2 aliphatic carbocycles. The average Bonchev–Trinajstić information content (AvgIpc) is 2.96. The predicted octanol–water partition coefficient (Wildman–Crippen LogP) is 6.04. The van der Waals surface area contributed by atoms with E-state index in [1.165, 1.54) is 44.9 Å². The van der Waals surface area contributed by atoms with Crippen molar-refractivity contribution in [3.8, 4) is 0 Å². The third kappa shape index (κ3) is 4.04. The largest absolute Gasteiger partial charge is 0.392 e. The lowest BCUT2D eigenvalue weighted by molar-refractivity contribution is 0.0620. The van der Waals surface area contributed by atoms with Gasteiger partial charge in [-0.15, -0.1) is 0 Å². The third-order valence-corrected chi connectivity index (χ3v) is 5.61. The van der Waals surface area contributed by atoms with Gasteiger partial charge in [-0.05, 0) is 67.9 Å². The van der Waals surface area contributed by atoms with Gasteiger partial charge in [-0.1, -0.05) is 52.7 Å². The van der Waals surface area contributed by atoms with Crippen LogP contribution >= 0.6 is 0 Å². The maximum absolute atomic E-state index is 10.6. The molecule has 0 bridgehead atoms. The summed E-state index contributed by atoms with van der Waals surface area (Å²) in [5.41, 5.74) is 4.90. The van der Waals surface area contributed by atoms with Gasteiger partial charge in [0.2, 0.25) is 0 Å². The molecule has 0 heterocycles. The van der Waals surface area contributed by atoms with Crippen molar-refractivity contribution in [2.24, 2.45) is 17.3 Å². The smallest absolute Gasteiger partial charge is 0.0628 e. The molecule has 2 unspecified atom stereocenters. The molecule has 1 fully saturated rings. The minimum absolute atomic E-state index is 0.115. The van der Waals surface area contributed by atoms with Gasteiger partial charge in [0.1, 0.15) is 0 Å². The Labute approximate surface area is 137 Å². The maximum atomic E-state index is 10.6. The monoisotopic (exact) mass is 304 g/mol. The number of aliphatic hydroxyl groups excluding tert-OH is 1. The van der Waals surface area contributed by atoms with Gasteiger partial charge < -0.3 is 5.11 Å². The van der Waals surface area contributed by atoms with E-state index in [9.17, 15) is 5.11 Å². The van der Waals surface area contributed by atoms with E-state index in [-0.39, 0.29) is 11.5 Å². The zero-order chi connectivity index (χ0) is 16.3. The highest BCUT2D eigenvalue weighted by atomic mass is 16.3. The highest BCUT2D eigenvalue weighted by Crippen LogP contribution is 2.49. The molecule has 1 N–H and O–H groups in total. The number of unbranched alkanes of at least 4 members (excludes halogenated alkanes) is 1. The molecule has 22 heavy (non-hydrogen) atoms. The Morgan fingerprint density at radius 2 is 2.05 bits per heavy atom. The normalized spacial score (nSPS) is 25.4. The molecule has 0 spiro atoms. The van der Waals surface area contributed by atoms with E-state index >= 15 is 0 Å². The van der Waals surface area contributed by atoms with Crippen molar-refractivity contribution in [3.63, 3.8) is 0 Å². The fourth-order valence-corrected chi connectivity index (χ4v) is 4.25. The molecule has 2 rings (SSSR count). The van der Waals surface area contributed by atoms with E-state index in [0.29, 0.717) is 5.92 Å². The zero-order valence-corrected chi connectivity index (χ0v) is 15.4. The van der Waals surface area contributed by atoms with Crippen LogP contribution in [0.4, 0.5) is 0 Å². The summed E-state index contributed by atoms with van der Waals surface area (Å²) in [7, 11) is 0. The Morgan fingerprint density at radius 1 is 1.32 bits per heavy atom. The van der Waals surface area contributed by atoms with E-state index < -0.39 is 0 Å². The van der Waals surface area contributed by atoms with Crippen LogP contribution in [0.15, 0.2) is 22.8 Å². The number of hydrogen-bond donors (Lipinski definition) is 1. The van der Waals surface area contributed by atoms with E-state index in [1.807, 2.05) is 0 Å². The molecule has 2 aliphatic rings. The van der Waals surface area contributed by atoms with E-state index in [0.717, 1.165) is 12.3 Å². The molecular weight excluding hydrogens is 268 g/mol. The fraction of sp³-hybridized carbons (Fsp3) is 0.810. The van der Waals surface area contributed by atoms with Gasteiger partial charge in [0.25, 0.3) is 0 Å². The van der Waals surface area contributed by atoms with Crippen LogP contribution in [0.5, 0.6) is 0 Å². The van der Waals surface area contributed by atoms with Crippen molar-refractivity contribution in [3.05, 3.63) is 22.8 Å². The first-order chi connectivity index (χ1) is 10.3. The summed E-state index contributed by atoms with van der Waals surface area (Å²) in [5.74, 6) is 1.38. The molecule has 0 saturated heterocycles.